The smallest absolute Gasteiger partial charge is 0.350 e. The van der Waals surface area contributed by atoms with Crippen molar-refractivity contribution < 1.29 is 19.2 Å². The number of benzene rings is 1. The van der Waals surface area contributed by atoms with E-state index in [-0.39, 0.29) is 23.9 Å². The molecular weight excluding hydrogens is 358 g/mol. The van der Waals surface area contributed by atoms with Crippen molar-refractivity contribution in [3.05, 3.63) is 55.3 Å². The molecule has 0 unspecified atom stereocenters. The zero-order chi connectivity index (χ0) is 19.4. The molecule has 2 aromatic rings. The van der Waals surface area contributed by atoms with Gasteiger partial charge in [0.25, 0.3) is 11.6 Å². The van der Waals surface area contributed by atoms with Crippen molar-refractivity contribution in [2.75, 3.05) is 6.61 Å². The van der Waals surface area contributed by atoms with Crippen molar-refractivity contribution in [3.8, 4) is 0 Å². The second-order valence-electron chi connectivity index (χ2n) is 5.70. The van der Waals surface area contributed by atoms with Crippen LogP contribution in [-0.4, -0.2) is 28.0 Å². The van der Waals surface area contributed by atoms with Crippen molar-refractivity contribution in [2.24, 2.45) is 4.99 Å². The fourth-order valence-corrected chi connectivity index (χ4v) is 3.56. The fraction of sp³-hybridized carbons (Fsp3) is 0.353. The van der Waals surface area contributed by atoms with Crippen LogP contribution in [-0.2, 0) is 4.74 Å². The van der Waals surface area contributed by atoms with E-state index in [2.05, 4.69) is 4.99 Å². The first-order chi connectivity index (χ1) is 12.3. The molecule has 1 aromatic heterocycles. The van der Waals surface area contributed by atoms with Gasteiger partial charge in [-0.25, -0.2) is 4.79 Å². The van der Waals surface area contributed by atoms with E-state index in [1.54, 1.807) is 18.4 Å². The Kier molecular flexibility index (Phi) is 6.04. The Hall–Kier alpha value is -2.81. The molecule has 1 aromatic carbocycles. The molecule has 0 saturated carbocycles. The van der Waals surface area contributed by atoms with E-state index >= 15 is 0 Å². The third-order valence-electron chi connectivity index (χ3n) is 3.59. The lowest BCUT2D eigenvalue weighted by Crippen LogP contribution is -2.20. The van der Waals surface area contributed by atoms with E-state index in [4.69, 9.17) is 4.74 Å². The monoisotopic (exact) mass is 377 g/mol. The highest BCUT2D eigenvalue weighted by atomic mass is 32.1. The number of carbonyl (C=O) groups is 2. The van der Waals surface area contributed by atoms with E-state index in [0.29, 0.717) is 15.4 Å². The number of aromatic nitrogens is 1. The molecule has 0 spiro atoms. The van der Waals surface area contributed by atoms with E-state index in [0.717, 1.165) is 11.3 Å². The van der Waals surface area contributed by atoms with Gasteiger partial charge in [0.05, 0.1) is 11.5 Å². The maximum absolute atomic E-state index is 12.4. The molecule has 0 saturated heterocycles. The molecule has 0 bridgehead atoms. The maximum Gasteiger partial charge on any atom is 0.350 e. The summed E-state index contributed by atoms with van der Waals surface area (Å²) in [5, 5.41) is 10.7. The van der Waals surface area contributed by atoms with Gasteiger partial charge >= 0.3 is 5.97 Å². The Balaban J connectivity index is 2.48. The van der Waals surface area contributed by atoms with Crippen molar-refractivity contribution in [2.45, 2.75) is 33.7 Å². The van der Waals surface area contributed by atoms with Gasteiger partial charge in [-0.2, -0.15) is 4.99 Å². The molecule has 0 fully saturated rings. The summed E-state index contributed by atoms with van der Waals surface area (Å²) in [6.07, 6.45) is 0. The molecule has 138 valence electrons. The summed E-state index contributed by atoms with van der Waals surface area (Å²) >= 11 is 1.09. The van der Waals surface area contributed by atoms with E-state index in [9.17, 15) is 19.7 Å². The summed E-state index contributed by atoms with van der Waals surface area (Å²) in [6, 6.07) is 5.21. The lowest BCUT2D eigenvalue weighted by Gasteiger charge is -2.10. The van der Waals surface area contributed by atoms with Crippen LogP contribution in [0.3, 0.4) is 0 Å². The third kappa shape index (κ3) is 4.05. The summed E-state index contributed by atoms with van der Waals surface area (Å²) in [5.41, 5.74) is 0.809. The second-order valence-corrected chi connectivity index (χ2v) is 6.68. The van der Waals surface area contributed by atoms with Crippen LogP contribution in [0.5, 0.6) is 0 Å². The summed E-state index contributed by atoms with van der Waals surface area (Å²) in [5.74, 6) is -0.986. The average molecular weight is 377 g/mol. The summed E-state index contributed by atoms with van der Waals surface area (Å²) < 4.78 is 6.84. The molecule has 0 radical (unpaired) electrons. The Morgan fingerprint density at radius 1 is 1.31 bits per heavy atom. The Labute approximate surface area is 153 Å². The molecule has 1 heterocycles. The van der Waals surface area contributed by atoms with Crippen LogP contribution in [0.15, 0.2) is 29.3 Å². The maximum atomic E-state index is 12.4. The number of nitrogens with zero attached hydrogens (tertiary/aromatic N) is 3. The topological polar surface area (TPSA) is 104 Å². The molecule has 0 aliphatic carbocycles. The molecule has 8 nitrogen and oxygen atoms in total. The van der Waals surface area contributed by atoms with Crippen molar-refractivity contribution >= 4 is 28.9 Å². The van der Waals surface area contributed by atoms with E-state index in [1.807, 2.05) is 13.8 Å². The van der Waals surface area contributed by atoms with Gasteiger partial charge in [-0.1, -0.05) is 11.3 Å². The van der Waals surface area contributed by atoms with Gasteiger partial charge in [-0.05, 0) is 39.8 Å². The van der Waals surface area contributed by atoms with Crippen LogP contribution in [0.25, 0.3) is 0 Å². The fourth-order valence-electron chi connectivity index (χ4n) is 2.42. The number of esters is 1. The largest absolute Gasteiger partial charge is 0.462 e. The first-order valence-electron chi connectivity index (χ1n) is 7.98. The summed E-state index contributed by atoms with van der Waals surface area (Å²) in [7, 11) is 0. The molecule has 26 heavy (non-hydrogen) atoms. The van der Waals surface area contributed by atoms with Gasteiger partial charge in [0.2, 0.25) is 0 Å². The molecule has 0 aliphatic heterocycles. The molecule has 0 N–H and O–H groups in total. The first kappa shape index (κ1) is 19.5. The number of nitro benzene ring substituents is 1. The van der Waals surface area contributed by atoms with Gasteiger partial charge in [-0.15, -0.1) is 0 Å². The van der Waals surface area contributed by atoms with Crippen molar-refractivity contribution in [3.63, 3.8) is 0 Å². The highest BCUT2D eigenvalue weighted by Gasteiger charge is 2.20. The molecule has 0 atom stereocenters. The number of carbonyl (C=O) groups excluding carboxylic acids is 2. The minimum atomic E-state index is -0.536. The number of non-ortho nitro benzene ring substituents is 1. The Morgan fingerprint density at radius 2 is 1.92 bits per heavy atom. The number of ether oxygens (including phenoxy) is 1. The van der Waals surface area contributed by atoms with Gasteiger partial charge in [-0.3, -0.25) is 14.9 Å². The molecule has 9 heteroatoms. The number of amides is 1. The number of thiazole rings is 1. The average Bonchev–Trinajstić information content (AvgIpc) is 2.91. The predicted octanol–water partition coefficient (Wildman–Crippen LogP) is 3.26. The normalized spacial score (nSPS) is 11.7. The SMILES string of the molecule is CCOC(=O)c1sc(=NC(=O)c2ccc([N+](=O)[O-])cc2)n(C(C)C)c1C. The lowest BCUT2D eigenvalue weighted by atomic mass is 10.2. The minimum absolute atomic E-state index is 0.0159. The van der Waals surface area contributed by atoms with E-state index in [1.165, 1.54) is 24.3 Å². The Morgan fingerprint density at radius 3 is 2.42 bits per heavy atom. The van der Waals surface area contributed by atoms with Crippen LogP contribution in [0.4, 0.5) is 5.69 Å². The van der Waals surface area contributed by atoms with Gasteiger partial charge in [0, 0.05) is 29.4 Å². The lowest BCUT2D eigenvalue weighted by molar-refractivity contribution is -0.384. The highest BCUT2D eigenvalue weighted by molar-refractivity contribution is 7.11. The van der Waals surface area contributed by atoms with Gasteiger partial charge in [0.1, 0.15) is 4.88 Å². The van der Waals surface area contributed by atoms with Crippen LogP contribution >= 0.6 is 11.3 Å². The van der Waals surface area contributed by atoms with Gasteiger partial charge < -0.3 is 9.30 Å². The van der Waals surface area contributed by atoms with Crippen molar-refractivity contribution in [1.29, 1.82) is 0 Å². The zero-order valence-electron chi connectivity index (χ0n) is 14.9. The number of hydrogen-bond donors (Lipinski definition) is 0. The molecule has 1 amide bonds. The minimum Gasteiger partial charge on any atom is -0.462 e. The molecular formula is C17H19N3O5S. The van der Waals surface area contributed by atoms with E-state index < -0.39 is 16.8 Å². The second kappa shape index (κ2) is 8.05. The van der Waals surface area contributed by atoms with Crippen LogP contribution in [0.1, 0.15) is 52.5 Å². The third-order valence-corrected chi connectivity index (χ3v) is 4.73. The van der Waals surface area contributed by atoms with Crippen LogP contribution in [0.2, 0.25) is 0 Å². The molecule has 0 aliphatic rings. The molecule has 2 rings (SSSR count). The van der Waals surface area contributed by atoms with Crippen LogP contribution in [0, 0.1) is 17.0 Å². The number of rotatable bonds is 5. The number of nitro groups is 1. The highest BCUT2D eigenvalue weighted by Crippen LogP contribution is 2.18. The van der Waals surface area contributed by atoms with Crippen molar-refractivity contribution in [1.82, 2.24) is 4.57 Å². The van der Waals surface area contributed by atoms with Gasteiger partial charge in [0.15, 0.2) is 4.80 Å². The number of hydrogen-bond acceptors (Lipinski definition) is 6. The summed E-state index contributed by atoms with van der Waals surface area (Å²) in [6.45, 7) is 7.60. The first-order valence-corrected chi connectivity index (χ1v) is 8.80. The standard InChI is InChI=1S/C17H19N3O5S/c1-5-25-16(22)14-11(4)19(10(2)3)17(26-14)18-15(21)12-6-8-13(9-7-12)20(23)24/h6-10H,5H2,1-4H3. The Bertz CT molecular complexity index is 909. The zero-order valence-corrected chi connectivity index (χ0v) is 15.7. The quantitative estimate of drug-likeness (QED) is 0.452. The predicted molar refractivity (Wildman–Crippen MR) is 96.4 cm³/mol. The summed E-state index contributed by atoms with van der Waals surface area (Å²) in [4.78, 5) is 39.6. The van der Waals surface area contributed by atoms with Crippen LogP contribution < -0.4 is 4.80 Å².